The van der Waals surface area contributed by atoms with Gasteiger partial charge < -0.3 is 5.32 Å². The van der Waals surface area contributed by atoms with E-state index in [2.05, 4.69) is 36.5 Å². The molecule has 1 aliphatic heterocycles. The second-order valence-electron chi connectivity index (χ2n) is 4.96. The van der Waals surface area contributed by atoms with Gasteiger partial charge in [-0.05, 0) is 36.2 Å². The standard InChI is InChI=1S/C16H15Cl2NS/c1-10(12-7-6-11(17)8-14(12)18)19-15-9-20-16-5-3-2-4-13(15)16/h2-8,10,15,19H,9H2,1H3. The zero-order valence-electron chi connectivity index (χ0n) is 11.1. The predicted molar refractivity (Wildman–Crippen MR) is 87.9 cm³/mol. The molecule has 0 bridgehead atoms. The third-order valence-electron chi connectivity index (χ3n) is 3.58. The van der Waals surface area contributed by atoms with Gasteiger partial charge in [0.05, 0.1) is 0 Å². The number of hydrogen-bond donors (Lipinski definition) is 1. The molecule has 2 aromatic rings. The summed E-state index contributed by atoms with van der Waals surface area (Å²) in [6.07, 6.45) is 0. The van der Waals surface area contributed by atoms with Crippen LogP contribution >= 0.6 is 35.0 Å². The Kier molecular flexibility index (Phi) is 4.27. The van der Waals surface area contributed by atoms with E-state index >= 15 is 0 Å². The molecule has 0 saturated heterocycles. The van der Waals surface area contributed by atoms with E-state index < -0.39 is 0 Å². The molecule has 0 amide bonds. The van der Waals surface area contributed by atoms with Crippen LogP contribution in [0.1, 0.15) is 30.1 Å². The van der Waals surface area contributed by atoms with Crippen molar-refractivity contribution < 1.29 is 0 Å². The van der Waals surface area contributed by atoms with E-state index in [1.807, 2.05) is 23.9 Å². The molecule has 0 saturated carbocycles. The van der Waals surface area contributed by atoms with Gasteiger partial charge in [-0.25, -0.2) is 0 Å². The Morgan fingerprint density at radius 2 is 2.00 bits per heavy atom. The summed E-state index contributed by atoms with van der Waals surface area (Å²) in [5.74, 6) is 1.06. The van der Waals surface area contributed by atoms with Gasteiger partial charge in [0.15, 0.2) is 0 Å². The van der Waals surface area contributed by atoms with E-state index in [9.17, 15) is 0 Å². The molecule has 2 unspecified atom stereocenters. The van der Waals surface area contributed by atoms with Crippen molar-refractivity contribution >= 4 is 35.0 Å². The highest BCUT2D eigenvalue weighted by atomic mass is 35.5. The lowest BCUT2D eigenvalue weighted by atomic mass is 10.0. The normalized spacial score (nSPS) is 18.9. The van der Waals surface area contributed by atoms with Crippen molar-refractivity contribution in [1.29, 1.82) is 0 Å². The van der Waals surface area contributed by atoms with Crippen molar-refractivity contribution in [1.82, 2.24) is 5.32 Å². The molecule has 0 aliphatic carbocycles. The highest BCUT2D eigenvalue weighted by Gasteiger charge is 2.24. The minimum Gasteiger partial charge on any atom is -0.302 e. The van der Waals surface area contributed by atoms with E-state index in [4.69, 9.17) is 23.2 Å². The average molecular weight is 324 g/mol. The summed E-state index contributed by atoms with van der Waals surface area (Å²) in [6, 6.07) is 14.8. The van der Waals surface area contributed by atoms with Gasteiger partial charge in [-0.3, -0.25) is 0 Å². The van der Waals surface area contributed by atoms with Crippen LogP contribution < -0.4 is 5.32 Å². The van der Waals surface area contributed by atoms with Gasteiger partial charge in [0.1, 0.15) is 0 Å². The second-order valence-corrected chi connectivity index (χ2v) is 6.86. The lowest BCUT2D eigenvalue weighted by Gasteiger charge is -2.21. The molecule has 2 atom stereocenters. The Morgan fingerprint density at radius 3 is 2.80 bits per heavy atom. The highest BCUT2D eigenvalue weighted by Crippen LogP contribution is 2.39. The summed E-state index contributed by atoms with van der Waals surface area (Å²) in [6.45, 7) is 2.14. The number of hydrogen-bond acceptors (Lipinski definition) is 2. The number of benzene rings is 2. The minimum atomic E-state index is 0.191. The molecule has 1 nitrogen and oxygen atoms in total. The topological polar surface area (TPSA) is 12.0 Å². The minimum absolute atomic E-state index is 0.191. The number of fused-ring (bicyclic) bond motifs is 1. The molecule has 0 fully saturated rings. The van der Waals surface area contributed by atoms with Gasteiger partial charge in [0, 0.05) is 32.8 Å². The van der Waals surface area contributed by atoms with Gasteiger partial charge >= 0.3 is 0 Å². The van der Waals surface area contributed by atoms with Gasteiger partial charge in [0.2, 0.25) is 0 Å². The van der Waals surface area contributed by atoms with Gasteiger partial charge in [-0.2, -0.15) is 0 Å². The molecule has 1 aliphatic rings. The van der Waals surface area contributed by atoms with Gasteiger partial charge in [0.25, 0.3) is 0 Å². The second kappa shape index (κ2) is 5.98. The molecule has 104 valence electrons. The number of thioether (sulfide) groups is 1. The van der Waals surface area contributed by atoms with E-state index in [-0.39, 0.29) is 6.04 Å². The molecular weight excluding hydrogens is 309 g/mol. The van der Waals surface area contributed by atoms with E-state index in [1.165, 1.54) is 10.5 Å². The summed E-state index contributed by atoms with van der Waals surface area (Å²) in [7, 11) is 0. The zero-order valence-corrected chi connectivity index (χ0v) is 13.4. The fourth-order valence-electron chi connectivity index (χ4n) is 2.54. The van der Waals surface area contributed by atoms with Gasteiger partial charge in [-0.15, -0.1) is 11.8 Å². The number of halogens is 2. The summed E-state index contributed by atoms with van der Waals surface area (Å²) in [5, 5.41) is 5.06. The van der Waals surface area contributed by atoms with Crippen LogP contribution in [0.4, 0.5) is 0 Å². The van der Waals surface area contributed by atoms with Crippen molar-refractivity contribution in [2.75, 3.05) is 5.75 Å². The molecule has 1 N–H and O–H groups in total. The van der Waals surface area contributed by atoms with Crippen molar-refractivity contribution in [2.24, 2.45) is 0 Å². The Bertz CT molecular complexity index is 630. The summed E-state index contributed by atoms with van der Waals surface area (Å²) < 4.78 is 0. The first-order valence-electron chi connectivity index (χ1n) is 6.58. The summed E-state index contributed by atoms with van der Waals surface area (Å²) in [5.41, 5.74) is 2.47. The Morgan fingerprint density at radius 1 is 1.20 bits per heavy atom. The van der Waals surface area contributed by atoms with E-state index in [0.29, 0.717) is 11.1 Å². The van der Waals surface area contributed by atoms with Crippen molar-refractivity contribution in [2.45, 2.75) is 23.9 Å². The number of rotatable bonds is 3. The van der Waals surface area contributed by atoms with E-state index in [1.54, 1.807) is 6.07 Å². The molecule has 0 spiro atoms. The fraction of sp³-hybridized carbons (Fsp3) is 0.250. The zero-order chi connectivity index (χ0) is 14.1. The molecule has 3 rings (SSSR count). The fourth-order valence-corrected chi connectivity index (χ4v) is 4.29. The molecule has 0 radical (unpaired) electrons. The van der Waals surface area contributed by atoms with Gasteiger partial charge in [-0.1, -0.05) is 47.5 Å². The third-order valence-corrected chi connectivity index (χ3v) is 5.33. The molecular formula is C16H15Cl2NS. The Balaban J connectivity index is 1.79. The van der Waals surface area contributed by atoms with Crippen LogP contribution in [0.3, 0.4) is 0 Å². The number of nitrogens with one attached hydrogen (secondary N) is 1. The quantitative estimate of drug-likeness (QED) is 0.801. The molecule has 4 heteroatoms. The van der Waals surface area contributed by atoms with Crippen LogP contribution in [0, 0.1) is 0 Å². The first kappa shape index (κ1) is 14.3. The summed E-state index contributed by atoms with van der Waals surface area (Å²) in [4.78, 5) is 1.37. The van der Waals surface area contributed by atoms with Crippen LogP contribution in [0.15, 0.2) is 47.4 Å². The summed E-state index contributed by atoms with van der Waals surface area (Å²) >= 11 is 14.1. The van der Waals surface area contributed by atoms with Crippen LogP contribution in [0.5, 0.6) is 0 Å². The van der Waals surface area contributed by atoms with Crippen molar-refractivity contribution in [3.8, 4) is 0 Å². The van der Waals surface area contributed by atoms with Crippen LogP contribution in [-0.2, 0) is 0 Å². The molecule has 20 heavy (non-hydrogen) atoms. The monoisotopic (exact) mass is 323 g/mol. The lowest BCUT2D eigenvalue weighted by molar-refractivity contribution is 0.501. The molecule has 1 heterocycles. The third kappa shape index (κ3) is 2.84. The first-order valence-corrected chi connectivity index (χ1v) is 8.32. The first-order chi connectivity index (χ1) is 9.65. The average Bonchev–Trinajstić information content (AvgIpc) is 2.82. The maximum atomic E-state index is 6.28. The largest absolute Gasteiger partial charge is 0.302 e. The Labute approximate surface area is 133 Å². The van der Waals surface area contributed by atoms with E-state index in [0.717, 1.165) is 16.3 Å². The molecule has 2 aromatic carbocycles. The van der Waals surface area contributed by atoms with Crippen LogP contribution in [-0.4, -0.2) is 5.75 Å². The predicted octanol–water partition coefficient (Wildman–Crippen LogP) is 5.49. The SMILES string of the molecule is CC(NC1CSc2ccccc21)c1ccc(Cl)cc1Cl. The Hall–Kier alpha value is -0.670. The maximum absolute atomic E-state index is 6.28. The highest BCUT2D eigenvalue weighted by molar-refractivity contribution is 7.99. The van der Waals surface area contributed by atoms with Crippen LogP contribution in [0.2, 0.25) is 10.0 Å². The lowest BCUT2D eigenvalue weighted by Crippen LogP contribution is -2.24. The smallest absolute Gasteiger partial charge is 0.0468 e. The van der Waals surface area contributed by atoms with Crippen LogP contribution in [0.25, 0.3) is 0 Å². The molecule has 0 aromatic heterocycles. The van der Waals surface area contributed by atoms with Crippen molar-refractivity contribution in [3.63, 3.8) is 0 Å². The van der Waals surface area contributed by atoms with Crippen molar-refractivity contribution in [3.05, 3.63) is 63.6 Å². The maximum Gasteiger partial charge on any atom is 0.0468 e.